The van der Waals surface area contributed by atoms with Crippen LogP contribution in [0.25, 0.3) is 0 Å². The van der Waals surface area contributed by atoms with E-state index >= 15 is 0 Å². The monoisotopic (exact) mass is 273 g/mol. The molecule has 0 saturated heterocycles. The van der Waals surface area contributed by atoms with Crippen LogP contribution in [0.5, 0.6) is 0 Å². The van der Waals surface area contributed by atoms with Crippen molar-refractivity contribution in [3.63, 3.8) is 0 Å². The zero-order chi connectivity index (χ0) is 12.7. The zero-order valence-corrected chi connectivity index (χ0v) is 11.5. The lowest BCUT2D eigenvalue weighted by Gasteiger charge is -2.10. The Morgan fingerprint density at radius 3 is 2.65 bits per heavy atom. The summed E-state index contributed by atoms with van der Waals surface area (Å²) >= 11 is 0. The van der Waals surface area contributed by atoms with Crippen LogP contribution in [0.2, 0.25) is 0 Å². The molecule has 0 saturated carbocycles. The third-order valence-corrected chi connectivity index (χ3v) is 3.24. The first-order valence-electron chi connectivity index (χ1n) is 5.49. The van der Waals surface area contributed by atoms with Crippen molar-refractivity contribution >= 4 is 33.4 Å². The molecule has 0 radical (unpaired) electrons. The van der Waals surface area contributed by atoms with E-state index in [1.165, 1.54) is 5.56 Å². The second-order valence-electron chi connectivity index (χ2n) is 3.63. The second kappa shape index (κ2) is 7.45. The minimum absolute atomic E-state index is 0.365. The number of benzene rings is 1. The number of nitrogens with one attached hydrogen (secondary N) is 1. The van der Waals surface area contributed by atoms with Crippen LogP contribution in [-0.4, -0.2) is 11.5 Å². The van der Waals surface area contributed by atoms with Crippen LogP contribution in [0.4, 0.5) is 10.5 Å². The summed E-state index contributed by atoms with van der Waals surface area (Å²) in [7, 11) is 6.43. The molecule has 0 spiro atoms. The van der Waals surface area contributed by atoms with Crippen LogP contribution in [0, 0.1) is 0 Å². The summed E-state index contributed by atoms with van der Waals surface area (Å²) in [5.41, 5.74) is 1.62. The number of ether oxygens (including phenoxy) is 1. The molecular weight excluding hydrogens is 258 g/mol. The quantitative estimate of drug-likeness (QED) is 0.807. The number of anilines is 1. The molecule has 1 rings (SSSR count). The van der Waals surface area contributed by atoms with Gasteiger partial charge in [-0.25, -0.2) is 4.79 Å². The number of amides is 1. The summed E-state index contributed by atoms with van der Waals surface area (Å²) in [5, 5.41) is 2.64. The Labute approximate surface area is 110 Å². The molecule has 94 valence electrons. The van der Waals surface area contributed by atoms with Crippen molar-refractivity contribution in [3.05, 3.63) is 29.8 Å². The molecule has 5 heteroatoms. The minimum Gasteiger partial charge on any atom is -0.434 e. The molecule has 1 aromatic rings. The van der Waals surface area contributed by atoms with Gasteiger partial charge in [0.15, 0.2) is 5.44 Å². The van der Waals surface area contributed by atoms with E-state index in [0.29, 0.717) is 0 Å². The summed E-state index contributed by atoms with van der Waals surface area (Å²) < 4.78 is 4.96. The van der Waals surface area contributed by atoms with E-state index in [9.17, 15) is 4.79 Å². The minimum atomic E-state index is -0.492. The smallest absolute Gasteiger partial charge is 0.412 e. The molecule has 0 fully saturated rings. The zero-order valence-electron chi connectivity index (χ0n) is 9.90. The largest absolute Gasteiger partial charge is 0.434 e. The lowest BCUT2D eigenvalue weighted by Crippen LogP contribution is -2.17. The van der Waals surface area contributed by atoms with Crippen LogP contribution in [0.1, 0.15) is 25.8 Å². The molecule has 1 atom stereocenters. The van der Waals surface area contributed by atoms with Gasteiger partial charge in [-0.3, -0.25) is 5.32 Å². The highest BCUT2D eigenvalue weighted by molar-refractivity contribution is 8.21. The fourth-order valence-electron chi connectivity index (χ4n) is 1.36. The topological polar surface area (TPSA) is 38.3 Å². The lowest BCUT2D eigenvalue weighted by molar-refractivity contribution is 0.157. The molecular formula is C12H16ClNO2S. The van der Waals surface area contributed by atoms with Crippen molar-refractivity contribution in [2.24, 2.45) is 0 Å². The third-order valence-electron chi connectivity index (χ3n) is 2.14. The standard InChI is InChI=1S/C12H16ClNO2S/c1-3-4-10-5-7-11(8-6-10)14-12(15)16-9(2)17-13/h5-9H,3-4H2,1-2H3,(H,14,15). The van der Waals surface area contributed by atoms with Gasteiger partial charge in [-0.2, -0.15) is 0 Å². The predicted octanol–water partition coefficient (Wildman–Crippen LogP) is 4.42. The number of aryl methyl sites for hydroxylation is 1. The van der Waals surface area contributed by atoms with Crippen molar-refractivity contribution in [1.29, 1.82) is 0 Å². The van der Waals surface area contributed by atoms with E-state index < -0.39 is 6.09 Å². The summed E-state index contributed by atoms with van der Waals surface area (Å²) in [6.45, 7) is 3.84. The molecule has 17 heavy (non-hydrogen) atoms. The van der Waals surface area contributed by atoms with Gasteiger partial charge in [0.05, 0.1) is 0 Å². The maximum absolute atomic E-state index is 11.4. The molecule has 0 aromatic heterocycles. The predicted molar refractivity (Wildman–Crippen MR) is 73.4 cm³/mol. The number of halogens is 1. The van der Waals surface area contributed by atoms with E-state index in [4.69, 9.17) is 15.4 Å². The fraction of sp³-hybridized carbons (Fsp3) is 0.417. The van der Waals surface area contributed by atoms with Crippen molar-refractivity contribution in [2.45, 2.75) is 32.1 Å². The van der Waals surface area contributed by atoms with E-state index in [1.807, 2.05) is 24.3 Å². The van der Waals surface area contributed by atoms with Gasteiger partial charge in [0.2, 0.25) is 0 Å². The van der Waals surface area contributed by atoms with Crippen LogP contribution in [-0.2, 0) is 11.2 Å². The summed E-state index contributed by atoms with van der Waals surface area (Å²) in [5.74, 6) is 0. The molecule has 1 amide bonds. The Morgan fingerprint density at radius 2 is 2.12 bits per heavy atom. The van der Waals surface area contributed by atoms with Crippen LogP contribution in [0.3, 0.4) is 0 Å². The average Bonchev–Trinajstić information content (AvgIpc) is 2.31. The highest BCUT2D eigenvalue weighted by Gasteiger charge is 2.08. The number of hydrogen-bond donors (Lipinski definition) is 1. The van der Waals surface area contributed by atoms with Gasteiger partial charge in [0, 0.05) is 5.69 Å². The first-order chi connectivity index (χ1) is 8.15. The highest BCUT2D eigenvalue weighted by Crippen LogP contribution is 2.17. The fourth-order valence-corrected chi connectivity index (χ4v) is 1.59. The van der Waals surface area contributed by atoms with Gasteiger partial charge >= 0.3 is 6.09 Å². The molecule has 1 aromatic carbocycles. The van der Waals surface area contributed by atoms with Gasteiger partial charge in [-0.15, -0.1) is 0 Å². The third kappa shape index (κ3) is 5.33. The molecule has 3 nitrogen and oxygen atoms in total. The van der Waals surface area contributed by atoms with Crippen LogP contribution in [0.15, 0.2) is 24.3 Å². The van der Waals surface area contributed by atoms with Gasteiger partial charge < -0.3 is 4.74 Å². The Bertz CT molecular complexity index is 356. The SMILES string of the molecule is CCCc1ccc(NC(=O)OC(C)SCl)cc1. The lowest BCUT2D eigenvalue weighted by atomic mass is 10.1. The molecule has 0 aliphatic rings. The number of carbonyl (C=O) groups is 1. The molecule has 0 aliphatic heterocycles. The number of hydrogen-bond acceptors (Lipinski definition) is 3. The van der Waals surface area contributed by atoms with E-state index in [-0.39, 0.29) is 5.44 Å². The molecule has 1 unspecified atom stereocenters. The first kappa shape index (κ1) is 14.2. The molecule has 1 N–H and O–H groups in total. The average molecular weight is 274 g/mol. The van der Waals surface area contributed by atoms with Gasteiger partial charge in [-0.05, 0) is 52.7 Å². The molecule has 0 bridgehead atoms. The summed E-state index contributed by atoms with van der Waals surface area (Å²) in [6.07, 6.45) is 1.66. The normalized spacial score (nSPS) is 11.9. The van der Waals surface area contributed by atoms with Gasteiger partial charge in [0.25, 0.3) is 0 Å². The van der Waals surface area contributed by atoms with Crippen molar-refractivity contribution in [1.82, 2.24) is 0 Å². The van der Waals surface area contributed by atoms with Gasteiger partial charge in [-0.1, -0.05) is 25.5 Å². The van der Waals surface area contributed by atoms with E-state index in [2.05, 4.69) is 12.2 Å². The maximum atomic E-state index is 11.4. The van der Waals surface area contributed by atoms with Gasteiger partial charge in [0.1, 0.15) is 0 Å². The Morgan fingerprint density at radius 1 is 1.47 bits per heavy atom. The van der Waals surface area contributed by atoms with Crippen molar-refractivity contribution in [3.8, 4) is 0 Å². The Balaban J connectivity index is 2.48. The maximum Gasteiger partial charge on any atom is 0.412 e. The van der Waals surface area contributed by atoms with E-state index in [0.717, 1.165) is 29.5 Å². The second-order valence-corrected chi connectivity index (χ2v) is 5.01. The van der Waals surface area contributed by atoms with Crippen LogP contribution >= 0.6 is 21.7 Å². The van der Waals surface area contributed by atoms with E-state index in [1.54, 1.807) is 6.92 Å². The number of carbonyl (C=O) groups excluding carboxylic acids is 1. The summed E-state index contributed by atoms with van der Waals surface area (Å²) in [6, 6.07) is 7.73. The first-order valence-corrected chi connectivity index (χ1v) is 7.20. The van der Waals surface area contributed by atoms with Crippen molar-refractivity contribution in [2.75, 3.05) is 5.32 Å². The Hall–Kier alpha value is -0.870. The number of rotatable bonds is 5. The molecule has 0 aliphatic carbocycles. The van der Waals surface area contributed by atoms with Crippen molar-refractivity contribution < 1.29 is 9.53 Å². The molecule has 0 heterocycles. The summed E-state index contributed by atoms with van der Waals surface area (Å²) in [4.78, 5) is 11.4. The Kier molecular flexibility index (Phi) is 6.22. The highest BCUT2D eigenvalue weighted by atomic mass is 35.7. The van der Waals surface area contributed by atoms with Crippen LogP contribution < -0.4 is 5.32 Å².